The minimum atomic E-state index is -1.10. The van der Waals surface area contributed by atoms with E-state index in [0.717, 1.165) is 30.0 Å². The van der Waals surface area contributed by atoms with Crippen molar-refractivity contribution in [2.24, 2.45) is 28.1 Å². The molecule has 0 N–H and O–H groups in total. The molecule has 4 unspecified atom stereocenters. The van der Waals surface area contributed by atoms with E-state index in [1.165, 1.54) is 6.42 Å². The molecule has 2 fully saturated rings. The van der Waals surface area contributed by atoms with Crippen molar-refractivity contribution in [2.45, 2.75) is 99.2 Å². The number of carbonyl (C=O) groups excluding carboxylic acids is 3. The van der Waals surface area contributed by atoms with Gasteiger partial charge in [0.15, 0.2) is 0 Å². The van der Waals surface area contributed by atoms with E-state index in [-0.39, 0.29) is 37.0 Å². The Hall–Kier alpha value is -2.89. The Bertz CT molecular complexity index is 1230. The summed E-state index contributed by atoms with van der Waals surface area (Å²) in [6, 6.07) is 13.4. The van der Waals surface area contributed by atoms with Gasteiger partial charge in [0.25, 0.3) is 0 Å². The van der Waals surface area contributed by atoms with Gasteiger partial charge in [-0.3, -0.25) is 14.4 Å². The second-order valence-electron chi connectivity index (χ2n) is 13.7. The lowest BCUT2D eigenvalue weighted by atomic mass is 9.66. The third-order valence-corrected chi connectivity index (χ3v) is 8.47. The molecule has 2 aliphatic carbocycles. The molecule has 6 nitrogen and oxygen atoms in total. The van der Waals surface area contributed by atoms with Gasteiger partial charge in [-0.2, -0.15) is 0 Å². The van der Waals surface area contributed by atoms with Crippen molar-refractivity contribution in [1.82, 2.24) is 0 Å². The zero-order valence-corrected chi connectivity index (χ0v) is 24.5. The summed E-state index contributed by atoms with van der Waals surface area (Å²) in [7, 11) is 0. The fourth-order valence-corrected chi connectivity index (χ4v) is 6.76. The maximum absolute atomic E-state index is 13.9. The summed E-state index contributed by atoms with van der Waals surface area (Å²) in [5, 5.41) is 2.04. The van der Waals surface area contributed by atoms with Crippen LogP contribution in [0, 0.1) is 28.1 Å². The van der Waals surface area contributed by atoms with Gasteiger partial charge in [0, 0.05) is 0 Å². The normalized spacial score (nSPS) is 22.5. The number of fused-ring (bicyclic) bond motifs is 3. The summed E-state index contributed by atoms with van der Waals surface area (Å²) in [6.07, 6.45) is 4.32. The highest BCUT2D eigenvalue weighted by atomic mass is 16.6. The Morgan fingerprint density at radius 2 is 1.46 bits per heavy atom. The van der Waals surface area contributed by atoms with E-state index in [1.54, 1.807) is 33.8 Å². The van der Waals surface area contributed by atoms with Gasteiger partial charge in [-0.15, -0.1) is 0 Å². The molecule has 6 heteroatoms. The van der Waals surface area contributed by atoms with Crippen molar-refractivity contribution in [3.63, 3.8) is 0 Å². The van der Waals surface area contributed by atoms with Crippen LogP contribution in [0.1, 0.15) is 87.0 Å². The van der Waals surface area contributed by atoms with E-state index in [0.29, 0.717) is 17.6 Å². The Morgan fingerprint density at radius 1 is 0.821 bits per heavy atom. The van der Waals surface area contributed by atoms with Crippen LogP contribution < -0.4 is 4.74 Å². The fraction of sp³-hybridized carbons (Fsp3) is 0.606. The van der Waals surface area contributed by atoms with Crippen LogP contribution in [0.5, 0.6) is 5.75 Å². The number of hydrogen-bond acceptors (Lipinski definition) is 6. The van der Waals surface area contributed by atoms with E-state index < -0.39 is 22.2 Å². The van der Waals surface area contributed by atoms with Gasteiger partial charge in [-0.1, -0.05) is 30.3 Å². The van der Waals surface area contributed by atoms with Crippen molar-refractivity contribution in [1.29, 1.82) is 0 Å². The molecule has 2 aromatic carbocycles. The van der Waals surface area contributed by atoms with Crippen LogP contribution >= 0.6 is 0 Å². The monoisotopic (exact) mass is 536 g/mol. The molecule has 2 bridgehead atoms. The first-order valence-electron chi connectivity index (χ1n) is 14.3. The molecule has 0 spiro atoms. The summed E-state index contributed by atoms with van der Waals surface area (Å²) in [6.45, 7) is 12.6. The third-order valence-electron chi connectivity index (χ3n) is 8.47. The molecule has 4 atom stereocenters. The van der Waals surface area contributed by atoms with Crippen molar-refractivity contribution >= 4 is 28.7 Å². The average Bonchev–Trinajstić information content (AvgIpc) is 3.46. The molecule has 4 rings (SSSR count). The van der Waals surface area contributed by atoms with Crippen LogP contribution in [0.25, 0.3) is 10.8 Å². The Balaban J connectivity index is 1.55. The van der Waals surface area contributed by atoms with Gasteiger partial charge >= 0.3 is 17.9 Å². The lowest BCUT2D eigenvalue weighted by Gasteiger charge is -2.39. The quantitative estimate of drug-likeness (QED) is 0.235. The van der Waals surface area contributed by atoms with Crippen molar-refractivity contribution in [2.75, 3.05) is 0 Å². The highest BCUT2D eigenvalue weighted by molar-refractivity contribution is 5.86. The van der Waals surface area contributed by atoms with Crippen molar-refractivity contribution in [3.8, 4) is 5.75 Å². The summed E-state index contributed by atoms with van der Waals surface area (Å²) >= 11 is 0. The van der Waals surface area contributed by atoms with E-state index >= 15 is 0 Å². The number of hydrogen-bond donors (Lipinski definition) is 0. The Labute approximate surface area is 232 Å². The molecular formula is C33H44O6. The number of ether oxygens (including phenoxy) is 3. The van der Waals surface area contributed by atoms with Gasteiger partial charge in [0.05, 0.1) is 22.3 Å². The standard InChI is InChI=1S/C33H44O6/c1-21(2)37-28(34)31(3,4)19-33(7,30(36)39-27-17-22-12-13-25(27)16-22)20-32(5,6)29(35)38-26-15-14-23-10-8-9-11-24(23)18-26/h8-11,14-15,18,21-22,25,27H,12-13,16-17,19-20H2,1-7H3. The molecular weight excluding hydrogens is 492 g/mol. The smallest absolute Gasteiger partial charge is 0.316 e. The summed E-state index contributed by atoms with van der Waals surface area (Å²) in [5.41, 5.74) is -3.08. The molecule has 212 valence electrons. The highest BCUT2D eigenvalue weighted by Crippen LogP contribution is 2.49. The lowest BCUT2D eigenvalue weighted by Crippen LogP contribution is -2.45. The van der Waals surface area contributed by atoms with E-state index in [9.17, 15) is 14.4 Å². The lowest BCUT2D eigenvalue weighted by molar-refractivity contribution is -0.172. The van der Waals surface area contributed by atoms with Crippen LogP contribution in [0.3, 0.4) is 0 Å². The Morgan fingerprint density at radius 3 is 2.05 bits per heavy atom. The molecule has 0 radical (unpaired) electrons. The molecule has 2 aliphatic rings. The van der Waals surface area contributed by atoms with Gasteiger partial charge < -0.3 is 14.2 Å². The van der Waals surface area contributed by atoms with Crippen molar-refractivity contribution in [3.05, 3.63) is 42.5 Å². The predicted octanol–water partition coefficient (Wildman–Crippen LogP) is 7.27. The molecule has 2 aromatic rings. The molecule has 2 saturated carbocycles. The summed E-state index contributed by atoms with van der Waals surface area (Å²) < 4.78 is 17.5. The molecule has 0 heterocycles. The van der Waals surface area contributed by atoms with Gasteiger partial charge in [-0.25, -0.2) is 0 Å². The first-order chi connectivity index (χ1) is 18.2. The van der Waals surface area contributed by atoms with E-state index in [2.05, 4.69) is 0 Å². The third kappa shape index (κ3) is 6.64. The first-order valence-corrected chi connectivity index (χ1v) is 14.3. The molecule has 0 aromatic heterocycles. The molecule has 0 saturated heterocycles. The predicted molar refractivity (Wildman–Crippen MR) is 151 cm³/mol. The average molecular weight is 537 g/mol. The first kappa shape index (κ1) is 29.1. The van der Waals surface area contributed by atoms with E-state index in [1.807, 2.05) is 57.2 Å². The zero-order valence-electron chi connectivity index (χ0n) is 24.5. The van der Waals surface area contributed by atoms with Crippen LogP contribution in [-0.4, -0.2) is 30.1 Å². The number of esters is 3. The molecule has 39 heavy (non-hydrogen) atoms. The van der Waals surface area contributed by atoms with Crippen LogP contribution in [-0.2, 0) is 23.9 Å². The second-order valence-corrected chi connectivity index (χ2v) is 13.7. The summed E-state index contributed by atoms with van der Waals surface area (Å²) in [4.78, 5) is 40.4. The van der Waals surface area contributed by atoms with Gasteiger partial charge in [0.1, 0.15) is 11.9 Å². The minimum Gasteiger partial charge on any atom is -0.463 e. The van der Waals surface area contributed by atoms with Crippen LogP contribution in [0.4, 0.5) is 0 Å². The van der Waals surface area contributed by atoms with Gasteiger partial charge in [-0.05, 0) is 122 Å². The molecule has 0 amide bonds. The minimum absolute atomic E-state index is 0.0889. The fourth-order valence-electron chi connectivity index (χ4n) is 6.76. The van der Waals surface area contributed by atoms with Crippen LogP contribution in [0.15, 0.2) is 42.5 Å². The maximum atomic E-state index is 13.9. The van der Waals surface area contributed by atoms with Gasteiger partial charge in [0.2, 0.25) is 0 Å². The van der Waals surface area contributed by atoms with Crippen molar-refractivity contribution < 1.29 is 28.6 Å². The highest BCUT2D eigenvalue weighted by Gasteiger charge is 2.51. The zero-order chi connectivity index (χ0) is 28.6. The summed E-state index contributed by atoms with van der Waals surface area (Å²) in [5.74, 6) is 0.348. The topological polar surface area (TPSA) is 78.9 Å². The Kier molecular flexibility index (Phi) is 8.16. The largest absolute Gasteiger partial charge is 0.463 e. The molecule has 0 aliphatic heterocycles. The number of carbonyl (C=O) groups is 3. The SMILES string of the molecule is CC(C)OC(=O)C(C)(C)CC(C)(CC(C)(C)C(=O)Oc1ccc2ccccc2c1)C(=O)OC1CC2CCC1C2. The van der Waals surface area contributed by atoms with E-state index in [4.69, 9.17) is 14.2 Å². The number of rotatable bonds is 10. The second kappa shape index (κ2) is 10.9. The number of benzene rings is 2. The van der Waals surface area contributed by atoms with Crippen LogP contribution in [0.2, 0.25) is 0 Å². The maximum Gasteiger partial charge on any atom is 0.316 e.